The SMILES string of the molecule is CCn1cc(C(CC(=O)NCc2cccc(C(F)(F)F)c2)c2ccc(C)cc2)c2ccccc21. The van der Waals surface area contributed by atoms with Crippen LogP contribution in [0.5, 0.6) is 0 Å². The van der Waals surface area contributed by atoms with Crippen LogP contribution in [0.15, 0.2) is 79.0 Å². The van der Waals surface area contributed by atoms with Gasteiger partial charge in [0, 0.05) is 42.5 Å². The highest BCUT2D eigenvalue weighted by Gasteiger charge is 2.30. The molecule has 0 saturated carbocycles. The molecule has 34 heavy (non-hydrogen) atoms. The summed E-state index contributed by atoms with van der Waals surface area (Å²) < 4.78 is 41.2. The van der Waals surface area contributed by atoms with E-state index < -0.39 is 11.7 Å². The Hall–Kier alpha value is -3.54. The van der Waals surface area contributed by atoms with E-state index in [9.17, 15) is 18.0 Å². The van der Waals surface area contributed by atoms with Gasteiger partial charge in [0.15, 0.2) is 0 Å². The highest BCUT2D eigenvalue weighted by atomic mass is 19.4. The second-order valence-corrected chi connectivity index (χ2v) is 8.53. The van der Waals surface area contributed by atoms with Crippen LogP contribution in [0.3, 0.4) is 0 Å². The smallest absolute Gasteiger partial charge is 0.352 e. The van der Waals surface area contributed by atoms with Crippen molar-refractivity contribution in [1.82, 2.24) is 9.88 Å². The molecule has 1 aromatic heterocycles. The van der Waals surface area contributed by atoms with E-state index in [1.54, 1.807) is 6.07 Å². The number of nitrogens with zero attached hydrogens (tertiary/aromatic N) is 1. The second-order valence-electron chi connectivity index (χ2n) is 8.53. The minimum atomic E-state index is -4.41. The Labute approximate surface area is 197 Å². The summed E-state index contributed by atoms with van der Waals surface area (Å²) in [6, 6.07) is 21.3. The lowest BCUT2D eigenvalue weighted by molar-refractivity contribution is -0.137. The zero-order chi connectivity index (χ0) is 24.3. The van der Waals surface area contributed by atoms with Crippen LogP contribution in [-0.2, 0) is 24.1 Å². The van der Waals surface area contributed by atoms with Crippen molar-refractivity contribution < 1.29 is 18.0 Å². The predicted octanol–water partition coefficient (Wildman–Crippen LogP) is 6.83. The number of carbonyl (C=O) groups is 1. The molecular weight excluding hydrogens is 437 g/mol. The summed E-state index contributed by atoms with van der Waals surface area (Å²) >= 11 is 0. The summed E-state index contributed by atoms with van der Waals surface area (Å²) in [5, 5.41) is 3.91. The maximum atomic E-state index is 13.0. The number of para-hydroxylation sites is 1. The molecule has 0 spiro atoms. The van der Waals surface area contributed by atoms with Crippen molar-refractivity contribution in [2.45, 2.75) is 45.5 Å². The molecule has 0 bridgehead atoms. The molecular formula is C28H27F3N2O. The monoisotopic (exact) mass is 464 g/mol. The predicted molar refractivity (Wildman–Crippen MR) is 129 cm³/mol. The van der Waals surface area contributed by atoms with E-state index in [2.05, 4.69) is 35.1 Å². The van der Waals surface area contributed by atoms with E-state index in [0.29, 0.717) is 5.56 Å². The van der Waals surface area contributed by atoms with Gasteiger partial charge in [-0.15, -0.1) is 0 Å². The number of rotatable bonds is 7. The van der Waals surface area contributed by atoms with Gasteiger partial charge in [-0.2, -0.15) is 13.2 Å². The molecule has 1 heterocycles. The summed E-state index contributed by atoms with van der Waals surface area (Å²) in [6.07, 6.45) is -2.11. The van der Waals surface area contributed by atoms with Crippen LogP contribution in [0.4, 0.5) is 13.2 Å². The molecule has 1 atom stereocenters. The van der Waals surface area contributed by atoms with E-state index >= 15 is 0 Å². The molecule has 176 valence electrons. The van der Waals surface area contributed by atoms with Gasteiger partial charge in [-0.25, -0.2) is 0 Å². The van der Waals surface area contributed by atoms with E-state index in [1.807, 2.05) is 43.3 Å². The summed E-state index contributed by atoms with van der Waals surface area (Å²) in [5.74, 6) is -0.392. The second kappa shape index (κ2) is 9.75. The molecule has 4 rings (SSSR count). The third-order valence-electron chi connectivity index (χ3n) is 6.15. The molecule has 1 unspecified atom stereocenters. The van der Waals surface area contributed by atoms with E-state index in [-0.39, 0.29) is 24.8 Å². The Bertz CT molecular complexity index is 1290. The van der Waals surface area contributed by atoms with Crippen LogP contribution >= 0.6 is 0 Å². The largest absolute Gasteiger partial charge is 0.416 e. The first-order valence-corrected chi connectivity index (χ1v) is 11.3. The molecule has 0 saturated heterocycles. The van der Waals surface area contributed by atoms with Gasteiger partial charge < -0.3 is 9.88 Å². The van der Waals surface area contributed by atoms with Crippen LogP contribution in [0.2, 0.25) is 0 Å². The molecule has 4 aromatic rings. The lowest BCUT2D eigenvalue weighted by Crippen LogP contribution is -2.25. The number of fused-ring (bicyclic) bond motifs is 1. The lowest BCUT2D eigenvalue weighted by atomic mass is 9.87. The number of hydrogen-bond acceptors (Lipinski definition) is 1. The zero-order valence-corrected chi connectivity index (χ0v) is 19.2. The van der Waals surface area contributed by atoms with Crippen LogP contribution < -0.4 is 5.32 Å². The molecule has 0 aliphatic heterocycles. The van der Waals surface area contributed by atoms with Gasteiger partial charge in [0.05, 0.1) is 5.56 Å². The Morgan fingerprint density at radius 1 is 1.00 bits per heavy atom. The van der Waals surface area contributed by atoms with Crippen LogP contribution in [0.25, 0.3) is 10.9 Å². The number of halogens is 3. The van der Waals surface area contributed by atoms with Crippen LogP contribution in [0, 0.1) is 6.92 Å². The lowest BCUT2D eigenvalue weighted by Gasteiger charge is -2.18. The van der Waals surface area contributed by atoms with Gasteiger partial charge in [0.25, 0.3) is 0 Å². The molecule has 3 aromatic carbocycles. The maximum Gasteiger partial charge on any atom is 0.416 e. The first-order valence-electron chi connectivity index (χ1n) is 11.3. The standard InChI is InChI=1S/C28H27F3N2O/c1-3-33-18-25(23-9-4-5-10-26(23)33)24(21-13-11-19(2)12-14-21)16-27(34)32-17-20-7-6-8-22(15-20)28(29,30)31/h4-15,18,24H,3,16-17H2,1-2H3,(H,32,34). The van der Waals surface area contributed by atoms with Crippen LogP contribution in [0.1, 0.15) is 47.1 Å². The number of aromatic nitrogens is 1. The average Bonchev–Trinajstić information content (AvgIpc) is 3.20. The van der Waals surface area contributed by atoms with Crippen molar-refractivity contribution in [2.24, 2.45) is 0 Å². The van der Waals surface area contributed by atoms with E-state index in [4.69, 9.17) is 0 Å². The molecule has 1 amide bonds. The highest BCUT2D eigenvalue weighted by molar-refractivity contribution is 5.86. The van der Waals surface area contributed by atoms with Gasteiger partial charge in [0.1, 0.15) is 0 Å². The fourth-order valence-electron chi connectivity index (χ4n) is 4.34. The molecule has 0 aliphatic carbocycles. The van der Waals surface area contributed by atoms with E-state index in [0.717, 1.165) is 46.3 Å². The number of hydrogen-bond donors (Lipinski definition) is 1. The quantitative estimate of drug-likeness (QED) is 0.320. The first kappa shape index (κ1) is 23.6. The fourth-order valence-corrected chi connectivity index (χ4v) is 4.34. The number of benzene rings is 3. The minimum Gasteiger partial charge on any atom is -0.352 e. The summed E-state index contributed by atoms with van der Waals surface area (Å²) in [6.45, 7) is 4.95. The number of aryl methyl sites for hydroxylation is 2. The fraction of sp³-hybridized carbons (Fsp3) is 0.250. The topological polar surface area (TPSA) is 34.0 Å². The summed E-state index contributed by atoms with van der Waals surface area (Å²) in [4.78, 5) is 13.0. The Balaban J connectivity index is 1.60. The van der Waals surface area contributed by atoms with Crippen molar-refractivity contribution >= 4 is 16.8 Å². The molecule has 0 aliphatic rings. The third-order valence-corrected chi connectivity index (χ3v) is 6.15. The number of carbonyl (C=O) groups excluding carboxylic acids is 1. The first-order chi connectivity index (χ1) is 16.3. The number of nitrogens with one attached hydrogen (secondary N) is 1. The van der Waals surface area contributed by atoms with Gasteiger partial charge in [0.2, 0.25) is 5.91 Å². The van der Waals surface area contributed by atoms with E-state index in [1.165, 1.54) is 6.07 Å². The maximum absolute atomic E-state index is 13.0. The van der Waals surface area contributed by atoms with Crippen molar-refractivity contribution in [3.63, 3.8) is 0 Å². The highest BCUT2D eigenvalue weighted by Crippen LogP contribution is 2.35. The van der Waals surface area contributed by atoms with Crippen molar-refractivity contribution in [1.29, 1.82) is 0 Å². The Kier molecular flexibility index (Phi) is 6.77. The Morgan fingerprint density at radius 3 is 2.44 bits per heavy atom. The minimum absolute atomic E-state index is 0.0418. The van der Waals surface area contributed by atoms with Crippen molar-refractivity contribution in [3.05, 3.63) is 107 Å². The van der Waals surface area contributed by atoms with Crippen molar-refractivity contribution in [3.8, 4) is 0 Å². The molecule has 6 heteroatoms. The number of alkyl halides is 3. The Morgan fingerprint density at radius 2 is 1.74 bits per heavy atom. The molecule has 3 nitrogen and oxygen atoms in total. The molecule has 0 fully saturated rings. The van der Waals surface area contributed by atoms with Crippen molar-refractivity contribution in [2.75, 3.05) is 0 Å². The van der Waals surface area contributed by atoms with Gasteiger partial charge in [-0.05, 0) is 48.7 Å². The molecule has 1 N–H and O–H groups in total. The average molecular weight is 465 g/mol. The van der Waals surface area contributed by atoms with Gasteiger partial charge >= 0.3 is 6.18 Å². The summed E-state index contributed by atoms with van der Waals surface area (Å²) in [7, 11) is 0. The zero-order valence-electron chi connectivity index (χ0n) is 19.2. The summed E-state index contributed by atoms with van der Waals surface area (Å²) in [5.41, 5.74) is 4.03. The van der Waals surface area contributed by atoms with Gasteiger partial charge in [-0.3, -0.25) is 4.79 Å². The third kappa shape index (κ3) is 5.16. The normalized spacial score (nSPS) is 12.6. The number of amides is 1. The van der Waals surface area contributed by atoms with Gasteiger partial charge in [-0.1, -0.05) is 60.2 Å². The van der Waals surface area contributed by atoms with Crippen LogP contribution in [-0.4, -0.2) is 10.5 Å². The molecule has 0 radical (unpaired) electrons.